The summed E-state index contributed by atoms with van der Waals surface area (Å²) in [4.78, 5) is 12.7. The third-order valence-electron chi connectivity index (χ3n) is 5.63. The molecule has 0 unspecified atom stereocenters. The van der Waals surface area contributed by atoms with Crippen molar-refractivity contribution in [2.24, 2.45) is 0 Å². The van der Waals surface area contributed by atoms with E-state index in [2.05, 4.69) is 27.6 Å². The molecule has 0 radical (unpaired) electrons. The van der Waals surface area contributed by atoms with Gasteiger partial charge in [0.25, 0.3) is 5.91 Å². The molecule has 0 fully saturated rings. The fourth-order valence-electron chi connectivity index (χ4n) is 4.04. The molecule has 5 rings (SSSR count). The van der Waals surface area contributed by atoms with Gasteiger partial charge in [0, 0.05) is 27.8 Å². The van der Waals surface area contributed by atoms with Gasteiger partial charge in [-0.3, -0.25) is 9.89 Å². The average Bonchev–Trinajstić information content (AvgIpc) is 3.40. The summed E-state index contributed by atoms with van der Waals surface area (Å²) < 4.78 is 0. The first kappa shape index (κ1) is 19.9. The van der Waals surface area contributed by atoms with Gasteiger partial charge in [-0.05, 0) is 60.4 Å². The molecule has 154 valence electrons. The minimum absolute atomic E-state index is 0.0555. The number of amides is 1. The molecule has 0 spiro atoms. The fourth-order valence-corrected chi connectivity index (χ4v) is 4.55. The highest BCUT2D eigenvalue weighted by atomic mass is 35.5. The number of aromatic amines is 1. The number of aromatic nitrogens is 2. The third kappa shape index (κ3) is 4.09. The predicted molar refractivity (Wildman–Crippen MR) is 125 cm³/mol. The number of rotatable bonds is 4. The molecular formula is C25H19Cl2N3O. The molecule has 0 saturated heterocycles. The van der Waals surface area contributed by atoms with Gasteiger partial charge in [0.05, 0.1) is 16.4 Å². The maximum absolute atomic E-state index is 12.7. The molecule has 2 N–H and O–H groups in total. The predicted octanol–water partition coefficient (Wildman–Crippen LogP) is 5.95. The molecule has 4 aromatic rings. The zero-order chi connectivity index (χ0) is 21.4. The van der Waals surface area contributed by atoms with E-state index in [1.165, 1.54) is 11.1 Å². The van der Waals surface area contributed by atoms with E-state index in [1.54, 1.807) is 12.1 Å². The molecule has 1 aliphatic carbocycles. The Morgan fingerprint density at radius 1 is 0.935 bits per heavy atom. The van der Waals surface area contributed by atoms with Crippen LogP contribution in [-0.4, -0.2) is 22.1 Å². The summed E-state index contributed by atoms with van der Waals surface area (Å²) >= 11 is 12.3. The largest absolute Gasteiger partial charge is 0.349 e. The van der Waals surface area contributed by atoms with E-state index in [1.807, 2.05) is 48.5 Å². The van der Waals surface area contributed by atoms with Crippen LogP contribution in [0.4, 0.5) is 0 Å². The summed E-state index contributed by atoms with van der Waals surface area (Å²) in [6.45, 7) is 0. The van der Waals surface area contributed by atoms with Gasteiger partial charge in [-0.1, -0.05) is 59.6 Å². The summed E-state index contributed by atoms with van der Waals surface area (Å²) in [5.41, 5.74) is 6.60. The third-order valence-corrected chi connectivity index (χ3v) is 6.18. The SMILES string of the molecule is O=C(NC1Cc2ccccc2C1)c1ccc(-c2cc(-c3ccc(Cl)cc3Cl)[nH]n2)cc1. The van der Waals surface area contributed by atoms with Gasteiger partial charge >= 0.3 is 0 Å². The molecule has 0 bridgehead atoms. The summed E-state index contributed by atoms with van der Waals surface area (Å²) in [5.74, 6) is -0.0555. The Hall–Kier alpha value is -3.08. The van der Waals surface area contributed by atoms with E-state index in [9.17, 15) is 4.79 Å². The topological polar surface area (TPSA) is 57.8 Å². The summed E-state index contributed by atoms with van der Waals surface area (Å²) in [5, 5.41) is 11.7. The van der Waals surface area contributed by atoms with Crippen molar-refractivity contribution >= 4 is 29.1 Å². The Balaban J connectivity index is 1.28. The van der Waals surface area contributed by atoms with Crippen LogP contribution in [-0.2, 0) is 12.8 Å². The minimum atomic E-state index is -0.0555. The van der Waals surface area contributed by atoms with Gasteiger partial charge < -0.3 is 5.32 Å². The van der Waals surface area contributed by atoms with Crippen LogP contribution in [0.3, 0.4) is 0 Å². The first-order chi connectivity index (χ1) is 15.1. The molecule has 0 saturated carbocycles. The van der Waals surface area contributed by atoms with E-state index in [0.717, 1.165) is 35.4 Å². The number of nitrogens with zero attached hydrogens (tertiary/aromatic N) is 1. The van der Waals surface area contributed by atoms with Crippen molar-refractivity contribution in [3.8, 4) is 22.5 Å². The van der Waals surface area contributed by atoms with E-state index in [-0.39, 0.29) is 11.9 Å². The van der Waals surface area contributed by atoms with Crippen molar-refractivity contribution in [1.82, 2.24) is 15.5 Å². The van der Waals surface area contributed by atoms with E-state index < -0.39 is 0 Å². The van der Waals surface area contributed by atoms with Crippen molar-refractivity contribution in [3.63, 3.8) is 0 Å². The molecule has 1 aromatic heterocycles. The zero-order valence-electron chi connectivity index (χ0n) is 16.5. The van der Waals surface area contributed by atoms with Gasteiger partial charge in [-0.2, -0.15) is 5.10 Å². The highest BCUT2D eigenvalue weighted by Crippen LogP contribution is 2.31. The normalized spacial score (nSPS) is 13.2. The Kier molecular flexibility index (Phi) is 5.26. The highest BCUT2D eigenvalue weighted by Gasteiger charge is 2.22. The monoisotopic (exact) mass is 447 g/mol. The van der Waals surface area contributed by atoms with E-state index in [0.29, 0.717) is 15.6 Å². The molecular weight excluding hydrogens is 429 g/mol. The summed E-state index contributed by atoms with van der Waals surface area (Å²) in [7, 11) is 0. The molecule has 1 amide bonds. The highest BCUT2D eigenvalue weighted by molar-refractivity contribution is 6.36. The second-order valence-corrected chi connectivity index (χ2v) is 8.56. The zero-order valence-corrected chi connectivity index (χ0v) is 18.0. The van der Waals surface area contributed by atoms with Crippen molar-refractivity contribution in [3.05, 3.63) is 99.5 Å². The summed E-state index contributed by atoms with van der Waals surface area (Å²) in [6, 6.07) is 23.2. The van der Waals surface area contributed by atoms with Crippen LogP contribution in [0.25, 0.3) is 22.5 Å². The van der Waals surface area contributed by atoms with Gasteiger partial charge in [0.15, 0.2) is 0 Å². The van der Waals surface area contributed by atoms with E-state index >= 15 is 0 Å². The number of benzene rings is 3. The van der Waals surface area contributed by atoms with E-state index in [4.69, 9.17) is 23.2 Å². The number of hydrogen-bond acceptors (Lipinski definition) is 2. The maximum Gasteiger partial charge on any atom is 0.251 e. The van der Waals surface area contributed by atoms with Crippen LogP contribution in [0, 0.1) is 0 Å². The van der Waals surface area contributed by atoms with Crippen LogP contribution in [0.1, 0.15) is 21.5 Å². The van der Waals surface area contributed by atoms with Crippen molar-refractivity contribution in [2.45, 2.75) is 18.9 Å². The lowest BCUT2D eigenvalue weighted by molar-refractivity contribution is 0.0938. The van der Waals surface area contributed by atoms with Gasteiger partial charge in [-0.15, -0.1) is 0 Å². The molecule has 31 heavy (non-hydrogen) atoms. The van der Waals surface area contributed by atoms with Gasteiger partial charge in [-0.25, -0.2) is 0 Å². The number of nitrogens with one attached hydrogen (secondary N) is 2. The Labute approximate surface area is 190 Å². The molecule has 0 aliphatic heterocycles. The van der Waals surface area contributed by atoms with Crippen LogP contribution in [0.5, 0.6) is 0 Å². The fraction of sp³-hybridized carbons (Fsp3) is 0.120. The first-order valence-corrected chi connectivity index (χ1v) is 10.8. The molecule has 1 aliphatic rings. The van der Waals surface area contributed by atoms with Crippen LogP contribution in [0.15, 0.2) is 72.8 Å². The lowest BCUT2D eigenvalue weighted by atomic mass is 10.1. The van der Waals surface area contributed by atoms with Crippen molar-refractivity contribution < 1.29 is 4.79 Å². The van der Waals surface area contributed by atoms with Gasteiger partial charge in [0.2, 0.25) is 0 Å². The quantitative estimate of drug-likeness (QED) is 0.406. The lowest BCUT2D eigenvalue weighted by Gasteiger charge is -2.12. The molecule has 3 aromatic carbocycles. The summed E-state index contributed by atoms with van der Waals surface area (Å²) in [6.07, 6.45) is 1.76. The smallest absolute Gasteiger partial charge is 0.251 e. The molecule has 4 nitrogen and oxygen atoms in total. The van der Waals surface area contributed by atoms with Crippen molar-refractivity contribution in [2.75, 3.05) is 0 Å². The Bertz CT molecular complexity index is 1240. The number of halogens is 2. The van der Waals surface area contributed by atoms with Gasteiger partial charge in [0.1, 0.15) is 0 Å². The van der Waals surface area contributed by atoms with Crippen LogP contribution >= 0.6 is 23.2 Å². The number of carbonyl (C=O) groups is 1. The number of fused-ring (bicyclic) bond motifs is 1. The second kappa shape index (κ2) is 8.22. The standard InChI is InChI=1S/C25H19Cl2N3O/c26-19-9-10-21(22(27)13-19)24-14-23(29-30-24)15-5-7-16(8-6-15)25(31)28-20-11-17-3-1-2-4-18(17)12-20/h1-10,13-14,20H,11-12H2,(H,28,31)(H,29,30). The van der Waals surface area contributed by atoms with Crippen LogP contribution in [0.2, 0.25) is 10.0 Å². The molecule has 1 heterocycles. The lowest BCUT2D eigenvalue weighted by Crippen LogP contribution is -2.35. The average molecular weight is 448 g/mol. The van der Waals surface area contributed by atoms with Crippen LogP contribution < -0.4 is 5.32 Å². The Morgan fingerprint density at radius 3 is 2.32 bits per heavy atom. The number of carbonyl (C=O) groups excluding carboxylic acids is 1. The molecule has 6 heteroatoms. The number of H-pyrrole nitrogens is 1. The molecule has 0 atom stereocenters. The number of hydrogen-bond donors (Lipinski definition) is 2. The Morgan fingerprint density at radius 2 is 1.65 bits per heavy atom. The second-order valence-electron chi connectivity index (χ2n) is 7.72. The minimum Gasteiger partial charge on any atom is -0.349 e. The maximum atomic E-state index is 12.7. The first-order valence-electron chi connectivity index (χ1n) is 10.1. The van der Waals surface area contributed by atoms with Crippen molar-refractivity contribution in [1.29, 1.82) is 0 Å².